The van der Waals surface area contributed by atoms with E-state index in [1.807, 2.05) is 24.3 Å². The first kappa shape index (κ1) is 18.4. The molecular formula is C23H20N2O4. The highest BCUT2D eigenvalue weighted by atomic mass is 16.5. The topological polar surface area (TPSA) is 101 Å². The van der Waals surface area contributed by atoms with Gasteiger partial charge in [0.2, 0.25) is 0 Å². The number of nitrogens with two attached hydrogens (primary N) is 2. The third kappa shape index (κ3) is 3.48. The van der Waals surface area contributed by atoms with E-state index in [9.17, 15) is 4.79 Å². The van der Waals surface area contributed by atoms with Gasteiger partial charge >= 0.3 is 0 Å². The predicted molar refractivity (Wildman–Crippen MR) is 115 cm³/mol. The molecule has 0 fully saturated rings. The van der Waals surface area contributed by atoms with Gasteiger partial charge in [-0.1, -0.05) is 0 Å². The molecule has 0 bridgehead atoms. The molecular weight excluding hydrogens is 368 g/mol. The SMILES string of the molecule is COc1ccc(-c2oc3ccc(Oc4cc(N)ccc4N)cc3c(=O)c2C)cc1. The molecule has 1 aromatic heterocycles. The zero-order valence-corrected chi connectivity index (χ0v) is 16.1. The zero-order valence-electron chi connectivity index (χ0n) is 16.1. The minimum Gasteiger partial charge on any atom is -0.497 e. The average molecular weight is 388 g/mol. The molecule has 29 heavy (non-hydrogen) atoms. The molecule has 6 heteroatoms. The standard InChI is InChI=1S/C23H20N2O4/c1-13-22(26)18-12-17(28-21-11-15(24)5-9-19(21)25)8-10-20(18)29-23(13)14-3-6-16(27-2)7-4-14/h3-12H,24-25H2,1-2H3. The monoisotopic (exact) mass is 388 g/mol. The molecule has 146 valence electrons. The van der Waals surface area contributed by atoms with Crippen molar-refractivity contribution in [1.29, 1.82) is 0 Å². The van der Waals surface area contributed by atoms with Crippen LogP contribution >= 0.6 is 0 Å². The van der Waals surface area contributed by atoms with Crippen LogP contribution in [0.15, 0.2) is 69.9 Å². The second kappa shape index (κ2) is 7.24. The van der Waals surface area contributed by atoms with Crippen molar-refractivity contribution in [2.45, 2.75) is 6.92 Å². The van der Waals surface area contributed by atoms with Gasteiger partial charge in [0.05, 0.1) is 18.2 Å². The first-order chi connectivity index (χ1) is 14.0. The smallest absolute Gasteiger partial charge is 0.196 e. The normalized spacial score (nSPS) is 10.8. The van der Waals surface area contributed by atoms with Crippen LogP contribution in [0.3, 0.4) is 0 Å². The van der Waals surface area contributed by atoms with E-state index >= 15 is 0 Å². The highest BCUT2D eigenvalue weighted by molar-refractivity contribution is 5.82. The number of nitrogen functional groups attached to an aromatic ring is 2. The van der Waals surface area contributed by atoms with Crippen LogP contribution in [0.4, 0.5) is 11.4 Å². The van der Waals surface area contributed by atoms with Gasteiger partial charge in [0.25, 0.3) is 0 Å². The maximum atomic E-state index is 13.0. The Morgan fingerprint density at radius 1 is 0.897 bits per heavy atom. The molecule has 0 aliphatic rings. The van der Waals surface area contributed by atoms with Gasteiger partial charge in [-0.05, 0) is 61.5 Å². The van der Waals surface area contributed by atoms with Crippen LogP contribution in [0.5, 0.6) is 17.2 Å². The molecule has 0 amide bonds. The molecule has 0 atom stereocenters. The summed E-state index contributed by atoms with van der Waals surface area (Å²) in [5, 5.41) is 0.430. The molecule has 0 aliphatic heterocycles. The quantitative estimate of drug-likeness (QED) is 0.490. The summed E-state index contributed by atoms with van der Waals surface area (Å²) in [6, 6.07) is 17.5. The van der Waals surface area contributed by atoms with Crippen molar-refractivity contribution in [3.63, 3.8) is 0 Å². The maximum Gasteiger partial charge on any atom is 0.196 e. The molecule has 0 unspecified atom stereocenters. The van der Waals surface area contributed by atoms with Crippen molar-refractivity contribution < 1.29 is 13.9 Å². The van der Waals surface area contributed by atoms with Crippen LogP contribution in [0.1, 0.15) is 5.56 Å². The predicted octanol–water partition coefficient (Wildman–Crippen LogP) is 4.73. The lowest BCUT2D eigenvalue weighted by Gasteiger charge is -2.11. The Morgan fingerprint density at radius 3 is 2.34 bits per heavy atom. The maximum absolute atomic E-state index is 13.0. The van der Waals surface area contributed by atoms with Gasteiger partial charge < -0.3 is 25.4 Å². The number of ether oxygens (including phenoxy) is 2. The van der Waals surface area contributed by atoms with E-state index in [4.69, 9.17) is 25.4 Å². The summed E-state index contributed by atoms with van der Waals surface area (Å²) in [7, 11) is 1.60. The fraction of sp³-hybridized carbons (Fsp3) is 0.0870. The lowest BCUT2D eigenvalue weighted by molar-refractivity contribution is 0.415. The Bertz CT molecular complexity index is 1260. The van der Waals surface area contributed by atoms with E-state index in [0.29, 0.717) is 45.2 Å². The summed E-state index contributed by atoms with van der Waals surface area (Å²) in [6.45, 7) is 1.74. The van der Waals surface area contributed by atoms with Gasteiger partial charge in [0.15, 0.2) is 11.2 Å². The third-order valence-electron chi connectivity index (χ3n) is 4.71. The van der Waals surface area contributed by atoms with Crippen LogP contribution in [0, 0.1) is 6.92 Å². The molecule has 0 saturated heterocycles. The Labute approximate surface area is 167 Å². The third-order valence-corrected chi connectivity index (χ3v) is 4.71. The Balaban J connectivity index is 1.77. The molecule has 6 nitrogen and oxygen atoms in total. The highest BCUT2D eigenvalue weighted by Crippen LogP contribution is 2.32. The van der Waals surface area contributed by atoms with E-state index < -0.39 is 0 Å². The largest absolute Gasteiger partial charge is 0.497 e. The molecule has 0 aliphatic carbocycles. The lowest BCUT2D eigenvalue weighted by atomic mass is 10.1. The summed E-state index contributed by atoms with van der Waals surface area (Å²) in [4.78, 5) is 13.0. The van der Waals surface area contributed by atoms with E-state index in [2.05, 4.69) is 0 Å². The van der Waals surface area contributed by atoms with Crippen LogP contribution in [-0.2, 0) is 0 Å². The number of methoxy groups -OCH3 is 1. The fourth-order valence-corrected chi connectivity index (χ4v) is 3.11. The Kier molecular flexibility index (Phi) is 4.60. The van der Waals surface area contributed by atoms with Gasteiger partial charge in [-0.3, -0.25) is 4.79 Å². The number of rotatable bonds is 4. The van der Waals surface area contributed by atoms with Crippen molar-refractivity contribution in [2.24, 2.45) is 0 Å². The minimum atomic E-state index is -0.122. The first-order valence-electron chi connectivity index (χ1n) is 9.01. The number of fused-ring (bicyclic) bond motifs is 1. The van der Waals surface area contributed by atoms with E-state index in [0.717, 1.165) is 11.3 Å². The molecule has 0 radical (unpaired) electrons. The van der Waals surface area contributed by atoms with Crippen molar-refractivity contribution in [2.75, 3.05) is 18.6 Å². The van der Waals surface area contributed by atoms with Crippen LogP contribution in [0.2, 0.25) is 0 Å². The average Bonchev–Trinajstić information content (AvgIpc) is 2.74. The van der Waals surface area contributed by atoms with Crippen LogP contribution < -0.4 is 26.4 Å². The molecule has 1 heterocycles. The molecule has 4 aromatic rings. The number of benzene rings is 3. The van der Waals surface area contributed by atoms with E-state index in [1.54, 1.807) is 50.4 Å². The van der Waals surface area contributed by atoms with E-state index in [-0.39, 0.29) is 5.43 Å². The summed E-state index contributed by atoms with van der Waals surface area (Å²) in [6.07, 6.45) is 0. The van der Waals surface area contributed by atoms with Crippen LogP contribution in [-0.4, -0.2) is 7.11 Å². The number of hydrogen-bond acceptors (Lipinski definition) is 6. The van der Waals surface area contributed by atoms with Gasteiger partial charge in [-0.2, -0.15) is 0 Å². The van der Waals surface area contributed by atoms with Crippen molar-refractivity contribution in [1.82, 2.24) is 0 Å². The number of hydrogen-bond donors (Lipinski definition) is 2. The van der Waals surface area contributed by atoms with Gasteiger partial charge in [-0.25, -0.2) is 0 Å². The zero-order chi connectivity index (χ0) is 20.5. The number of anilines is 2. The summed E-state index contributed by atoms with van der Waals surface area (Å²) < 4.78 is 17.1. The lowest BCUT2D eigenvalue weighted by Crippen LogP contribution is -2.07. The summed E-state index contributed by atoms with van der Waals surface area (Å²) >= 11 is 0. The molecule has 4 rings (SSSR count). The fourth-order valence-electron chi connectivity index (χ4n) is 3.11. The Morgan fingerprint density at radius 2 is 1.62 bits per heavy atom. The van der Waals surface area contributed by atoms with Crippen molar-refractivity contribution in [3.8, 4) is 28.6 Å². The van der Waals surface area contributed by atoms with E-state index in [1.165, 1.54) is 0 Å². The minimum absolute atomic E-state index is 0.122. The van der Waals surface area contributed by atoms with Crippen molar-refractivity contribution >= 4 is 22.3 Å². The van der Waals surface area contributed by atoms with Gasteiger partial charge in [0, 0.05) is 22.9 Å². The highest BCUT2D eigenvalue weighted by Gasteiger charge is 2.14. The van der Waals surface area contributed by atoms with Crippen LogP contribution in [0.25, 0.3) is 22.3 Å². The second-order valence-electron chi connectivity index (χ2n) is 6.67. The first-order valence-corrected chi connectivity index (χ1v) is 9.01. The molecule has 0 saturated carbocycles. The van der Waals surface area contributed by atoms with Gasteiger partial charge in [-0.15, -0.1) is 0 Å². The van der Waals surface area contributed by atoms with Gasteiger partial charge in [0.1, 0.15) is 22.8 Å². The molecule has 4 N–H and O–H groups in total. The summed E-state index contributed by atoms with van der Waals surface area (Å²) in [5.41, 5.74) is 14.4. The Hall–Kier alpha value is -3.93. The summed E-state index contributed by atoms with van der Waals surface area (Å²) in [5.74, 6) is 2.16. The van der Waals surface area contributed by atoms with Crippen molar-refractivity contribution in [3.05, 3.63) is 76.5 Å². The molecule has 0 spiro atoms. The second-order valence-corrected chi connectivity index (χ2v) is 6.67. The molecule has 3 aromatic carbocycles.